The van der Waals surface area contributed by atoms with Gasteiger partial charge in [0.25, 0.3) is 0 Å². The lowest BCUT2D eigenvalue weighted by molar-refractivity contribution is 0.377. The number of hydrogen-bond donors (Lipinski definition) is 2. The van der Waals surface area contributed by atoms with Crippen molar-refractivity contribution in [1.29, 1.82) is 0 Å². The molecule has 4 nitrogen and oxygen atoms in total. The van der Waals surface area contributed by atoms with Crippen LogP contribution in [0.5, 0.6) is 11.5 Å². The summed E-state index contributed by atoms with van der Waals surface area (Å²) in [4.78, 5) is 0. The molecule has 0 radical (unpaired) electrons. The van der Waals surface area contributed by atoms with Crippen molar-refractivity contribution in [2.24, 2.45) is 5.84 Å². The van der Waals surface area contributed by atoms with E-state index >= 15 is 0 Å². The minimum absolute atomic E-state index is 0.214. The fraction of sp³-hybridized carbons (Fsp3) is 0.200. The molecule has 0 aliphatic heterocycles. The Bertz CT molecular complexity index is 550. The monoisotopic (exact) mass is 336 g/mol. The van der Waals surface area contributed by atoms with E-state index in [4.69, 9.17) is 15.3 Å². The van der Waals surface area contributed by atoms with Crippen molar-refractivity contribution in [3.8, 4) is 11.5 Å². The summed E-state index contributed by atoms with van der Waals surface area (Å²) in [5.41, 5.74) is 4.73. The molecule has 2 aromatic carbocycles. The first-order valence-corrected chi connectivity index (χ1v) is 6.93. The van der Waals surface area contributed by atoms with E-state index in [9.17, 15) is 0 Å². The average Bonchev–Trinajstić information content (AvgIpc) is 2.49. The molecular formula is C15H17BrN2O2. The highest BCUT2D eigenvalue weighted by atomic mass is 79.9. The van der Waals surface area contributed by atoms with Crippen molar-refractivity contribution in [2.45, 2.75) is 6.04 Å². The van der Waals surface area contributed by atoms with E-state index in [-0.39, 0.29) is 6.04 Å². The first-order chi connectivity index (χ1) is 9.71. The van der Waals surface area contributed by atoms with E-state index in [1.54, 1.807) is 14.2 Å². The van der Waals surface area contributed by atoms with Crippen LogP contribution >= 0.6 is 15.9 Å². The zero-order valence-corrected chi connectivity index (χ0v) is 13.0. The summed E-state index contributed by atoms with van der Waals surface area (Å²) in [6, 6.07) is 13.4. The van der Waals surface area contributed by atoms with Crippen LogP contribution in [0.4, 0.5) is 0 Å². The molecule has 0 amide bonds. The highest BCUT2D eigenvalue weighted by Gasteiger charge is 2.21. The van der Waals surface area contributed by atoms with Gasteiger partial charge >= 0.3 is 0 Å². The average molecular weight is 337 g/mol. The molecular weight excluding hydrogens is 320 g/mol. The Morgan fingerprint density at radius 2 is 1.55 bits per heavy atom. The second-order valence-electron chi connectivity index (χ2n) is 4.23. The number of hydrogen-bond acceptors (Lipinski definition) is 4. The highest BCUT2D eigenvalue weighted by Crippen LogP contribution is 2.37. The van der Waals surface area contributed by atoms with Crippen molar-refractivity contribution in [1.82, 2.24) is 5.43 Å². The molecule has 3 N–H and O–H groups in total. The maximum absolute atomic E-state index is 5.75. The Balaban J connectivity index is 2.53. The summed E-state index contributed by atoms with van der Waals surface area (Å²) in [5.74, 6) is 7.21. The van der Waals surface area contributed by atoms with Crippen LogP contribution in [0.25, 0.3) is 0 Å². The Labute approximate surface area is 127 Å². The molecule has 5 heteroatoms. The molecule has 0 spiro atoms. The van der Waals surface area contributed by atoms with E-state index in [2.05, 4.69) is 21.4 Å². The van der Waals surface area contributed by atoms with E-state index in [0.29, 0.717) is 0 Å². The normalized spacial score (nSPS) is 12.0. The van der Waals surface area contributed by atoms with E-state index < -0.39 is 0 Å². The topological polar surface area (TPSA) is 56.5 Å². The van der Waals surface area contributed by atoms with Gasteiger partial charge in [-0.05, 0) is 29.8 Å². The van der Waals surface area contributed by atoms with Gasteiger partial charge in [-0.25, -0.2) is 5.43 Å². The Kier molecular flexibility index (Phi) is 5.00. The van der Waals surface area contributed by atoms with Gasteiger partial charge < -0.3 is 9.47 Å². The number of halogens is 1. The lowest BCUT2D eigenvalue weighted by atomic mass is 9.97. The first kappa shape index (κ1) is 14.8. The zero-order chi connectivity index (χ0) is 14.5. The van der Waals surface area contributed by atoms with Crippen molar-refractivity contribution < 1.29 is 9.47 Å². The van der Waals surface area contributed by atoms with Crippen molar-refractivity contribution in [3.05, 3.63) is 58.1 Å². The summed E-state index contributed by atoms with van der Waals surface area (Å²) in [7, 11) is 3.26. The summed E-state index contributed by atoms with van der Waals surface area (Å²) in [5, 5.41) is 0. The predicted octanol–water partition coefficient (Wildman–Crippen LogP) is 3.02. The van der Waals surface area contributed by atoms with Crippen molar-refractivity contribution in [3.63, 3.8) is 0 Å². The third kappa shape index (κ3) is 2.95. The molecule has 20 heavy (non-hydrogen) atoms. The molecule has 0 aliphatic rings. The third-order valence-electron chi connectivity index (χ3n) is 3.12. The molecule has 0 bridgehead atoms. The maximum atomic E-state index is 5.75. The number of benzene rings is 2. The van der Waals surface area contributed by atoms with Gasteiger partial charge in [-0.3, -0.25) is 5.84 Å². The van der Waals surface area contributed by atoms with Crippen LogP contribution in [0.1, 0.15) is 17.2 Å². The van der Waals surface area contributed by atoms with Crippen LogP contribution in [-0.2, 0) is 0 Å². The minimum atomic E-state index is -0.214. The smallest absolute Gasteiger partial charge is 0.127 e. The van der Waals surface area contributed by atoms with E-state index in [0.717, 1.165) is 27.1 Å². The van der Waals surface area contributed by atoms with Gasteiger partial charge in [0.15, 0.2) is 0 Å². The summed E-state index contributed by atoms with van der Waals surface area (Å²) < 4.78 is 11.9. The number of nitrogens with two attached hydrogens (primary N) is 1. The highest BCUT2D eigenvalue weighted by molar-refractivity contribution is 9.10. The molecule has 0 saturated carbocycles. The van der Waals surface area contributed by atoms with Gasteiger partial charge in [-0.2, -0.15) is 0 Å². The van der Waals surface area contributed by atoms with E-state index in [1.165, 1.54) is 0 Å². The molecule has 2 aromatic rings. The fourth-order valence-corrected chi connectivity index (χ4v) is 2.43. The van der Waals surface area contributed by atoms with Crippen molar-refractivity contribution in [2.75, 3.05) is 14.2 Å². The predicted molar refractivity (Wildman–Crippen MR) is 82.9 cm³/mol. The molecule has 2 rings (SSSR count). The quantitative estimate of drug-likeness (QED) is 0.651. The van der Waals surface area contributed by atoms with Gasteiger partial charge in [-0.1, -0.05) is 34.1 Å². The Hall–Kier alpha value is -1.56. The van der Waals surface area contributed by atoms with Gasteiger partial charge in [-0.15, -0.1) is 0 Å². The molecule has 0 heterocycles. The number of nitrogens with one attached hydrogen (secondary N) is 1. The molecule has 0 fully saturated rings. The first-order valence-electron chi connectivity index (χ1n) is 6.13. The van der Waals surface area contributed by atoms with Gasteiger partial charge in [0.05, 0.1) is 25.8 Å². The van der Waals surface area contributed by atoms with Crippen LogP contribution in [0.3, 0.4) is 0 Å². The van der Waals surface area contributed by atoms with Crippen molar-refractivity contribution >= 4 is 15.9 Å². The molecule has 1 atom stereocenters. The van der Waals surface area contributed by atoms with Crippen LogP contribution < -0.4 is 20.7 Å². The number of methoxy groups -OCH3 is 2. The lowest BCUT2D eigenvalue weighted by Crippen LogP contribution is -2.29. The third-order valence-corrected chi connectivity index (χ3v) is 3.65. The largest absolute Gasteiger partial charge is 0.496 e. The van der Waals surface area contributed by atoms with Gasteiger partial charge in [0, 0.05) is 4.47 Å². The van der Waals surface area contributed by atoms with Crippen LogP contribution in [0, 0.1) is 0 Å². The second kappa shape index (κ2) is 6.74. The Morgan fingerprint density at radius 1 is 1.00 bits per heavy atom. The summed E-state index contributed by atoms with van der Waals surface area (Å²) in [6.45, 7) is 0. The molecule has 106 valence electrons. The van der Waals surface area contributed by atoms with Gasteiger partial charge in [0.1, 0.15) is 11.5 Å². The number of rotatable bonds is 5. The lowest BCUT2D eigenvalue weighted by Gasteiger charge is -2.22. The molecule has 1 unspecified atom stereocenters. The minimum Gasteiger partial charge on any atom is -0.496 e. The van der Waals surface area contributed by atoms with Crippen LogP contribution in [0.15, 0.2) is 46.9 Å². The number of ether oxygens (including phenoxy) is 2. The second-order valence-corrected chi connectivity index (χ2v) is 5.14. The maximum Gasteiger partial charge on any atom is 0.127 e. The molecule has 0 aliphatic carbocycles. The standard InChI is InChI=1S/C15H17BrN2O2/c1-19-12-4-3-5-13(20-2)14(12)15(18-17)10-6-8-11(16)9-7-10/h3-9,15,18H,17H2,1-2H3. The Morgan fingerprint density at radius 3 is 2.00 bits per heavy atom. The van der Waals surface area contributed by atoms with E-state index in [1.807, 2.05) is 42.5 Å². The SMILES string of the molecule is COc1cccc(OC)c1C(NN)c1ccc(Br)cc1. The van der Waals surface area contributed by atoms with Crippen LogP contribution in [0.2, 0.25) is 0 Å². The number of hydrazine groups is 1. The molecule has 0 saturated heterocycles. The van der Waals surface area contributed by atoms with Gasteiger partial charge in [0.2, 0.25) is 0 Å². The zero-order valence-electron chi connectivity index (χ0n) is 11.4. The summed E-state index contributed by atoms with van der Waals surface area (Å²) in [6.07, 6.45) is 0. The molecule has 0 aromatic heterocycles. The van der Waals surface area contributed by atoms with Crippen LogP contribution in [-0.4, -0.2) is 14.2 Å². The fourth-order valence-electron chi connectivity index (χ4n) is 2.17. The summed E-state index contributed by atoms with van der Waals surface area (Å²) >= 11 is 3.43.